The van der Waals surface area contributed by atoms with Crippen LogP contribution in [0, 0.1) is 0 Å². The molecule has 0 aliphatic rings. The van der Waals surface area contributed by atoms with Gasteiger partial charge in [-0.2, -0.15) is 5.10 Å². The van der Waals surface area contributed by atoms with Gasteiger partial charge in [0.1, 0.15) is 5.69 Å². The molecule has 0 fully saturated rings. The lowest BCUT2D eigenvalue weighted by Crippen LogP contribution is -2.40. The van der Waals surface area contributed by atoms with Gasteiger partial charge in [-0.3, -0.25) is 9.89 Å². The van der Waals surface area contributed by atoms with E-state index < -0.39 is 0 Å². The van der Waals surface area contributed by atoms with Crippen LogP contribution < -0.4 is 5.32 Å². The highest BCUT2D eigenvalue weighted by Crippen LogP contribution is 2.26. The van der Waals surface area contributed by atoms with Crippen LogP contribution in [-0.2, 0) is 0 Å². The van der Waals surface area contributed by atoms with E-state index in [-0.39, 0.29) is 11.4 Å². The molecule has 19 heavy (non-hydrogen) atoms. The lowest BCUT2D eigenvalue weighted by atomic mass is 10.1. The number of hydrogen-bond donors (Lipinski definition) is 2. The molecule has 1 amide bonds. The van der Waals surface area contributed by atoms with Crippen molar-refractivity contribution in [1.29, 1.82) is 0 Å². The molecule has 1 aromatic heterocycles. The van der Waals surface area contributed by atoms with Crippen LogP contribution in [0.25, 0.3) is 11.3 Å². The van der Waals surface area contributed by atoms with Crippen LogP contribution in [0.2, 0.25) is 5.02 Å². The van der Waals surface area contributed by atoms with Crippen LogP contribution in [0.1, 0.15) is 31.3 Å². The van der Waals surface area contributed by atoms with E-state index in [1.54, 1.807) is 12.1 Å². The van der Waals surface area contributed by atoms with E-state index in [0.29, 0.717) is 16.4 Å². The van der Waals surface area contributed by atoms with Gasteiger partial charge in [0.15, 0.2) is 0 Å². The minimum Gasteiger partial charge on any atom is -0.346 e. The number of amides is 1. The van der Waals surface area contributed by atoms with Crippen LogP contribution in [0.3, 0.4) is 0 Å². The molecule has 0 saturated carbocycles. The number of aromatic amines is 1. The van der Waals surface area contributed by atoms with Gasteiger partial charge in [-0.25, -0.2) is 0 Å². The van der Waals surface area contributed by atoms with E-state index in [0.717, 1.165) is 5.56 Å². The van der Waals surface area contributed by atoms with Crippen molar-refractivity contribution in [3.05, 3.63) is 41.0 Å². The van der Waals surface area contributed by atoms with Crippen LogP contribution in [0.4, 0.5) is 0 Å². The zero-order valence-corrected chi connectivity index (χ0v) is 11.9. The van der Waals surface area contributed by atoms with Crippen molar-refractivity contribution in [2.24, 2.45) is 0 Å². The van der Waals surface area contributed by atoms with E-state index in [1.165, 1.54) is 0 Å². The fourth-order valence-electron chi connectivity index (χ4n) is 1.65. The van der Waals surface area contributed by atoms with Gasteiger partial charge < -0.3 is 5.32 Å². The molecule has 5 heteroatoms. The molecule has 2 N–H and O–H groups in total. The number of rotatable bonds is 2. The Morgan fingerprint density at radius 3 is 2.63 bits per heavy atom. The van der Waals surface area contributed by atoms with E-state index in [1.807, 2.05) is 39.0 Å². The molecular weight excluding hydrogens is 262 g/mol. The third-order valence-electron chi connectivity index (χ3n) is 2.46. The van der Waals surface area contributed by atoms with E-state index in [2.05, 4.69) is 15.5 Å². The maximum Gasteiger partial charge on any atom is 0.269 e. The standard InChI is InChI=1S/C14H16ClN3O/c1-14(2,3)16-13(19)12-8-11(17-18-12)9-6-4-5-7-10(9)15/h4-8H,1-3H3,(H,16,19)(H,17,18). The summed E-state index contributed by atoms with van der Waals surface area (Å²) in [5.41, 5.74) is 1.59. The third kappa shape index (κ3) is 3.35. The van der Waals surface area contributed by atoms with Crippen molar-refractivity contribution < 1.29 is 4.79 Å². The van der Waals surface area contributed by atoms with E-state index in [9.17, 15) is 4.79 Å². The number of hydrogen-bond acceptors (Lipinski definition) is 2. The molecule has 0 radical (unpaired) electrons. The Morgan fingerprint density at radius 1 is 1.32 bits per heavy atom. The average molecular weight is 278 g/mol. The summed E-state index contributed by atoms with van der Waals surface area (Å²) in [6.45, 7) is 5.78. The highest BCUT2D eigenvalue weighted by molar-refractivity contribution is 6.33. The summed E-state index contributed by atoms with van der Waals surface area (Å²) in [6.07, 6.45) is 0. The lowest BCUT2D eigenvalue weighted by molar-refractivity contribution is 0.0914. The second-order valence-electron chi connectivity index (χ2n) is 5.35. The number of nitrogens with zero attached hydrogens (tertiary/aromatic N) is 1. The molecule has 2 aromatic rings. The van der Waals surface area contributed by atoms with Crippen LogP contribution in [-0.4, -0.2) is 21.6 Å². The molecule has 0 aliphatic carbocycles. The second-order valence-corrected chi connectivity index (χ2v) is 5.76. The minimum atomic E-state index is -0.285. The first-order chi connectivity index (χ1) is 8.87. The summed E-state index contributed by atoms with van der Waals surface area (Å²) < 4.78 is 0. The van der Waals surface area contributed by atoms with Crippen LogP contribution in [0.15, 0.2) is 30.3 Å². The van der Waals surface area contributed by atoms with Gasteiger partial charge in [0.25, 0.3) is 5.91 Å². The molecule has 0 unspecified atom stereocenters. The number of nitrogens with one attached hydrogen (secondary N) is 2. The maximum absolute atomic E-state index is 12.0. The Morgan fingerprint density at radius 2 is 2.00 bits per heavy atom. The fourth-order valence-corrected chi connectivity index (χ4v) is 1.89. The molecule has 100 valence electrons. The van der Waals surface area contributed by atoms with Crippen molar-refractivity contribution in [1.82, 2.24) is 15.5 Å². The predicted octanol–water partition coefficient (Wildman–Crippen LogP) is 3.26. The van der Waals surface area contributed by atoms with E-state index >= 15 is 0 Å². The van der Waals surface area contributed by atoms with Crippen LogP contribution >= 0.6 is 11.6 Å². The number of H-pyrrole nitrogens is 1. The first-order valence-electron chi connectivity index (χ1n) is 6.00. The average Bonchev–Trinajstić information content (AvgIpc) is 2.76. The normalized spacial score (nSPS) is 11.4. The van der Waals surface area contributed by atoms with Gasteiger partial charge in [0.2, 0.25) is 0 Å². The monoisotopic (exact) mass is 277 g/mol. The summed E-state index contributed by atoms with van der Waals surface area (Å²) >= 11 is 6.10. The highest BCUT2D eigenvalue weighted by atomic mass is 35.5. The van der Waals surface area contributed by atoms with Crippen molar-refractivity contribution in [2.75, 3.05) is 0 Å². The smallest absolute Gasteiger partial charge is 0.269 e. The van der Waals surface area contributed by atoms with Gasteiger partial charge in [-0.15, -0.1) is 0 Å². The molecule has 0 atom stereocenters. The lowest BCUT2D eigenvalue weighted by Gasteiger charge is -2.19. The van der Waals surface area contributed by atoms with Gasteiger partial charge in [0, 0.05) is 11.1 Å². The number of carbonyl (C=O) groups is 1. The SMILES string of the molecule is CC(C)(C)NC(=O)c1cc(-c2ccccc2Cl)n[nH]1. The summed E-state index contributed by atoms with van der Waals surface area (Å²) in [7, 11) is 0. The number of benzene rings is 1. The van der Waals surface area contributed by atoms with Gasteiger partial charge in [-0.1, -0.05) is 29.8 Å². The first kappa shape index (κ1) is 13.6. The minimum absolute atomic E-state index is 0.182. The molecular formula is C14H16ClN3O. The Labute approximate surface area is 117 Å². The van der Waals surface area contributed by atoms with Gasteiger partial charge in [-0.05, 0) is 32.9 Å². The molecule has 0 saturated heterocycles. The van der Waals surface area contributed by atoms with Crippen molar-refractivity contribution in [3.63, 3.8) is 0 Å². The summed E-state index contributed by atoms with van der Waals surface area (Å²) in [6, 6.07) is 9.09. The predicted molar refractivity (Wildman–Crippen MR) is 76.3 cm³/mol. The largest absolute Gasteiger partial charge is 0.346 e. The Balaban J connectivity index is 2.25. The molecule has 1 aromatic carbocycles. The Kier molecular flexibility index (Phi) is 3.62. The molecule has 0 spiro atoms. The first-order valence-corrected chi connectivity index (χ1v) is 6.37. The van der Waals surface area contributed by atoms with Crippen molar-refractivity contribution in [3.8, 4) is 11.3 Å². The zero-order valence-electron chi connectivity index (χ0n) is 11.1. The highest BCUT2D eigenvalue weighted by Gasteiger charge is 2.17. The number of aromatic nitrogens is 2. The second kappa shape index (κ2) is 5.05. The topological polar surface area (TPSA) is 57.8 Å². The number of carbonyl (C=O) groups excluding carboxylic acids is 1. The molecule has 4 nitrogen and oxygen atoms in total. The number of halogens is 1. The summed E-state index contributed by atoms with van der Waals surface area (Å²) in [5, 5.41) is 10.3. The summed E-state index contributed by atoms with van der Waals surface area (Å²) in [4.78, 5) is 12.0. The summed E-state index contributed by atoms with van der Waals surface area (Å²) in [5.74, 6) is -0.182. The van der Waals surface area contributed by atoms with Crippen molar-refractivity contribution in [2.45, 2.75) is 26.3 Å². The molecule has 1 heterocycles. The molecule has 0 bridgehead atoms. The third-order valence-corrected chi connectivity index (χ3v) is 2.79. The Bertz CT molecular complexity index is 599. The molecule has 2 rings (SSSR count). The quantitative estimate of drug-likeness (QED) is 0.885. The molecule has 0 aliphatic heterocycles. The van der Waals surface area contributed by atoms with Crippen molar-refractivity contribution >= 4 is 17.5 Å². The van der Waals surface area contributed by atoms with Gasteiger partial charge >= 0.3 is 0 Å². The fraction of sp³-hybridized carbons (Fsp3) is 0.286. The maximum atomic E-state index is 12.0. The van der Waals surface area contributed by atoms with Crippen LogP contribution in [0.5, 0.6) is 0 Å². The van der Waals surface area contributed by atoms with Gasteiger partial charge in [0.05, 0.1) is 10.7 Å². The zero-order chi connectivity index (χ0) is 14.0. The van der Waals surface area contributed by atoms with E-state index in [4.69, 9.17) is 11.6 Å². The Hall–Kier alpha value is -1.81.